The molecular weight excluding hydrogens is 447 g/mol. The SMILES string of the molecule is CCNC(=NCC(CC)(CC)CO)N1CCN(c2cccs2)CC1.I. The molecule has 7 heteroatoms. The Labute approximate surface area is 173 Å². The Bertz CT molecular complexity index is 489. The average molecular weight is 480 g/mol. The Hall–Kier alpha value is -0.540. The fourth-order valence-electron chi connectivity index (χ4n) is 3.00. The molecule has 0 aromatic carbocycles. The van der Waals surface area contributed by atoms with Crippen LogP contribution < -0.4 is 10.2 Å². The number of aliphatic hydroxyl groups excluding tert-OH is 1. The zero-order valence-corrected chi connectivity index (χ0v) is 18.8. The van der Waals surface area contributed by atoms with Crippen molar-refractivity contribution in [2.24, 2.45) is 10.4 Å². The van der Waals surface area contributed by atoms with Gasteiger partial charge >= 0.3 is 0 Å². The van der Waals surface area contributed by atoms with Crippen LogP contribution in [0.1, 0.15) is 33.6 Å². The third-order valence-corrected chi connectivity index (χ3v) is 6.06. The number of thiophene rings is 1. The van der Waals surface area contributed by atoms with E-state index in [-0.39, 0.29) is 36.0 Å². The first-order chi connectivity index (χ1) is 11.7. The highest BCUT2D eigenvalue weighted by atomic mass is 127. The fraction of sp³-hybridized carbons (Fsp3) is 0.722. The van der Waals surface area contributed by atoms with Crippen LogP contribution in [0.4, 0.5) is 5.00 Å². The van der Waals surface area contributed by atoms with E-state index in [1.54, 1.807) is 11.3 Å². The summed E-state index contributed by atoms with van der Waals surface area (Å²) in [7, 11) is 0. The summed E-state index contributed by atoms with van der Waals surface area (Å²) in [5.41, 5.74) is -0.0839. The lowest BCUT2D eigenvalue weighted by Gasteiger charge is -2.37. The second-order valence-corrected chi connectivity index (χ2v) is 7.39. The lowest BCUT2D eigenvalue weighted by atomic mass is 9.83. The van der Waals surface area contributed by atoms with E-state index in [0.717, 1.165) is 51.5 Å². The number of nitrogens with zero attached hydrogens (tertiary/aromatic N) is 3. The molecule has 2 N–H and O–H groups in total. The molecule has 1 fully saturated rings. The summed E-state index contributed by atoms with van der Waals surface area (Å²) in [6.07, 6.45) is 1.91. The summed E-state index contributed by atoms with van der Waals surface area (Å²) < 4.78 is 0. The van der Waals surface area contributed by atoms with Crippen LogP contribution in [0, 0.1) is 5.41 Å². The molecule has 2 rings (SSSR count). The van der Waals surface area contributed by atoms with Crippen molar-refractivity contribution >= 4 is 46.3 Å². The largest absolute Gasteiger partial charge is 0.396 e. The van der Waals surface area contributed by atoms with E-state index in [1.165, 1.54) is 5.00 Å². The van der Waals surface area contributed by atoms with Crippen LogP contribution in [0.3, 0.4) is 0 Å². The van der Waals surface area contributed by atoms with Gasteiger partial charge in [0.2, 0.25) is 0 Å². The maximum absolute atomic E-state index is 9.76. The molecule has 0 atom stereocenters. The zero-order valence-electron chi connectivity index (χ0n) is 15.7. The van der Waals surface area contributed by atoms with Gasteiger partial charge in [-0.15, -0.1) is 35.3 Å². The Morgan fingerprint density at radius 2 is 1.92 bits per heavy atom. The quantitative estimate of drug-likeness (QED) is 0.358. The van der Waals surface area contributed by atoms with E-state index in [0.29, 0.717) is 6.54 Å². The van der Waals surface area contributed by atoms with Gasteiger partial charge in [-0.2, -0.15) is 0 Å². The van der Waals surface area contributed by atoms with E-state index in [1.807, 2.05) is 0 Å². The highest BCUT2D eigenvalue weighted by molar-refractivity contribution is 14.0. The van der Waals surface area contributed by atoms with E-state index in [2.05, 4.69) is 53.4 Å². The lowest BCUT2D eigenvalue weighted by molar-refractivity contribution is 0.123. The number of aliphatic imine (C=N–C) groups is 1. The monoisotopic (exact) mass is 480 g/mol. The van der Waals surface area contributed by atoms with Crippen LogP contribution in [-0.4, -0.2) is 61.8 Å². The first kappa shape index (κ1) is 22.5. The molecule has 25 heavy (non-hydrogen) atoms. The number of hydrogen-bond acceptors (Lipinski definition) is 4. The molecule has 2 heterocycles. The number of rotatable bonds is 7. The third-order valence-electron chi connectivity index (χ3n) is 5.13. The molecule has 144 valence electrons. The first-order valence-corrected chi connectivity index (χ1v) is 9.98. The maximum atomic E-state index is 9.76. The summed E-state index contributed by atoms with van der Waals surface area (Å²) >= 11 is 1.81. The van der Waals surface area contributed by atoms with Gasteiger partial charge < -0.3 is 20.2 Å². The van der Waals surface area contributed by atoms with Gasteiger partial charge in [-0.25, -0.2) is 0 Å². The van der Waals surface area contributed by atoms with Gasteiger partial charge in [-0.3, -0.25) is 4.99 Å². The third kappa shape index (κ3) is 5.99. The van der Waals surface area contributed by atoms with E-state index >= 15 is 0 Å². The maximum Gasteiger partial charge on any atom is 0.194 e. The number of piperazine rings is 1. The minimum Gasteiger partial charge on any atom is -0.396 e. The Morgan fingerprint density at radius 1 is 1.24 bits per heavy atom. The van der Waals surface area contributed by atoms with Crippen molar-refractivity contribution < 1.29 is 5.11 Å². The number of aliphatic hydroxyl groups is 1. The molecule has 0 aliphatic carbocycles. The van der Waals surface area contributed by atoms with Crippen molar-refractivity contribution in [2.45, 2.75) is 33.6 Å². The van der Waals surface area contributed by atoms with Crippen LogP contribution in [0.5, 0.6) is 0 Å². The number of anilines is 1. The number of hydrogen-bond donors (Lipinski definition) is 2. The van der Waals surface area contributed by atoms with Crippen LogP contribution >= 0.6 is 35.3 Å². The van der Waals surface area contributed by atoms with Gasteiger partial charge in [0.05, 0.1) is 18.2 Å². The van der Waals surface area contributed by atoms with Gasteiger partial charge in [0.25, 0.3) is 0 Å². The van der Waals surface area contributed by atoms with Crippen LogP contribution in [0.2, 0.25) is 0 Å². The summed E-state index contributed by atoms with van der Waals surface area (Å²) in [6, 6.07) is 4.31. The molecule has 5 nitrogen and oxygen atoms in total. The molecule has 1 aliphatic heterocycles. The van der Waals surface area contributed by atoms with E-state index in [9.17, 15) is 5.11 Å². The number of halogens is 1. The zero-order chi connectivity index (χ0) is 17.4. The van der Waals surface area contributed by atoms with Gasteiger partial charge in [0, 0.05) is 38.1 Å². The van der Waals surface area contributed by atoms with Crippen molar-refractivity contribution in [1.82, 2.24) is 10.2 Å². The molecule has 1 aromatic heterocycles. The molecule has 1 aliphatic rings. The van der Waals surface area contributed by atoms with Crippen molar-refractivity contribution in [3.8, 4) is 0 Å². The topological polar surface area (TPSA) is 51.1 Å². The van der Waals surface area contributed by atoms with E-state index in [4.69, 9.17) is 4.99 Å². The smallest absolute Gasteiger partial charge is 0.194 e. The summed E-state index contributed by atoms with van der Waals surface area (Å²) in [4.78, 5) is 9.66. The van der Waals surface area contributed by atoms with Crippen molar-refractivity contribution in [1.29, 1.82) is 0 Å². The predicted octanol–water partition coefficient (Wildman–Crippen LogP) is 3.25. The summed E-state index contributed by atoms with van der Waals surface area (Å²) in [5, 5.41) is 16.7. The van der Waals surface area contributed by atoms with Crippen molar-refractivity contribution in [3.05, 3.63) is 17.5 Å². The molecule has 0 amide bonds. The Morgan fingerprint density at radius 3 is 2.40 bits per heavy atom. The standard InChI is InChI=1S/C18H32N4OS.HI/c1-4-18(5-2,15-23)14-20-17(19-6-3)22-11-9-21(10-12-22)16-8-7-13-24-16;/h7-8,13,23H,4-6,9-12,14-15H2,1-3H3,(H,19,20);1H. The van der Waals surface area contributed by atoms with Crippen molar-refractivity contribution in [2.75, 3.05) is 50.8 Å². The van der Waals surface area contributed by atoms with Gasteiger partial charge in [0.1, 0.15) is 0 Å². The predicted molar refractivity (Wildman–Crippen MR) is 120 cm³/mol. The number of nitrogens with one attached hydrogen (secondary N) is 1. The normalized spacial score (nSPS) is 15.9. The summed E-state index contributed by atoms with van der Waals surface area (Å²) in [5.74, 6) is 0.989. The Balaban J connectivity index is 0.00000312. The highest BCUT2D eigenvalue weighted by Crippen LogP contribution is 2.26. The molecule has 0 radical (unpaired) electrons. The van der Waals surface area contributed by atoms with Gasteiger partial charge in [0.15, 0.2) is 5.96 Å². The molecule has 1 aromatic rings. The second kappa shape index (κ2) is 11.2. The molecule has 1 saturated heterocycles. The highest BCUT2D eigenvalue weighted by Gasteiger charge is 2.26. The van der Waals surface area contributed by atoms with Crippen molar-refractivity contribution in [3.63, 3.8) is 0 Å². The fourth-order valence-corrected chi connectivity index (χ4v) is 3.79. The van der Waals surface area contributed by atoms with Gasteiger partial charge in [-0.05, 0) is 37.3 Å². The van der Waals surface area contributed by atoms with Crippen LogP contribution in [0.15, 0.2) is 22.5 Å². The van der Waals surface area contributed by atoms with Crippen LogP contribution in [-0.2, 0) is 0 Å². The minimum atomic E-state index is -0.0839. The second-order valence-electron chi connectivity index (χ2n) is 6.46. The molecule has 0 spiro atoms. The van der Waals surface area contributed by atoms with Crippen LogP contribution in [0.25, 0.3) is 0 Å². The van der Waals surface area contributed by atoms with E-state index < -0.39 is 0 Å². The lowest BCUT2D eigenvalue weighted by Crippen LogP contribution is -2.52. The molecule has 0 saturated carbocycles. The average Bonchev–Trinajstić information content (AvgIpc) is 3.17. The summed E-state index contributed by atoms with van der Waals surface area (Å²) in [6.45, 7) is 12.2. The number of guanidine groups is 1. The van der Waals surface area contributed by atoms with Gasteiger partial charge in [-0.1, -0.05) is 13.8 Å². The Kier molecular flexibility index (Phi) is 10.1. The minimum absolute atomic E-state index is 0. The first-order valence-electron chi connectivity index (χ1n) is 9.10. The molecule has 0 unspecified atom stereocenters. The molecule has 0 bridgehead atoms. The molecular formula is C18H33IN4OS.